The fourth-order valence-corrected chi connectivity index (χ4v) is 3.46. The number of hydrogen-bond acceptors (Lipinski definition) is 3. The summed E-state index contributed by atoms with van der Waals surface area (Å²) in [5.74, 6) is 1.46. The summed E-state index contributed by atoms with van der Waals surface area (Å²) in [7, 11) is 0. The van der Waals surface area contributed by atoms with Crippen molar-refractivity contribution in [3.63, 3.8) is 0 Å². The van der Waals surface area contributed by atoms with Gasteiger partial charge in [0, 0.05) is 30.2 Å². The van der Waals surface area contributed by atoms with Gasteiger partial charge >= 0.3 is 0 Å². The van der Waals surface area contributed by atoms with Crippen LogP contribution in [0.1, 0.15) is 44.6 Å². The van der Waals surface area contributed by atoms with Crippen LogP contribution in [0.3, 0.4) is 0 Å². The van der Waals surface area contributed by atoms with Crippen LogP contribution in [0.2, 0.25) is 0 Å². The molecule has 1 aromatic carbocycles. The largest absolute Gasteiger partial charge is 0.508 e. The van der Waals surface area contributed by atoms with Crippen LogP contribution in [0, 0.1) is 0 Å². The molecule has 3 nitrogen and oxygen atoms in total. The van der Waals surface area contributed by atoms with Crippen molar-refractivity contribution in [3.8, 4) is 5.75 Å². The molecule has 4 heteroatoms. The molecule has 0 aromatic heterocycles. The smallest absolute Gasteiger partial charge is 0.222 e. The molecule has 1 aromatic rings. The Kier molecular flexibility index (Phi) is 5.77. The zero-order chi connectivity index (χ0) is 14.4. The molecule has 0 fully saturated rings. The lowest BCUT2D eigenvalue weighted by atomic mass is 10.1. The number of amides is 1. The molecule has 1 aliphatic heterocycles. The van der Waals surface area contributed by atoms with Crippen molar-refractivity contribution >= 4 is 17.7 Å². The van der Waals surface area contributed by atoms with Crippen molar-refractivity contribution in [1.82, 2.24) is 4.90 Å². The van der Waals surface area contributed by atoms with Gasteiger partial charge in [-0.05, 0) is 30.2 Å². The molecule has 0 spiro atoms. The highest BCUT2D eigenvalue weighted by Gasteiger charge is 2.19. The minimum Gasteiger partial charge on any atom is -0.508 e. The van der Waals surface area contributed by atoms with Gasteiger partial charge in [0.1, 0.15) is 5.75 Å². The fourth-order valence-electron chi connectivity index (χ4n) is 2.45. The molecule has 1 aliphatic rings. The highest BCUT2D eigenvalue weighted by atomic mass is 32.2. The van der Waals surface area contributed by atoms with E-state index in [9.17, 15) is 9.90 Å². The summed E-state index contributed by atoms with van der Waals surface area (Å²) in [6, 6.07) is 5.45. The normalized spacial score (nSPS) is 14.8. The lowest BCUT2D eigenvalue weighted by Gasteiger charge is -2.20. The maximum Gasteiger partial charge on any atom is 0.222 e. The SMILES string of the molecule is CCCCCCC(=O)N1CCSc2ccc(O)cc2C1. The number of thioether (sulfide) groups is 1. The molecule has 0 saturated carbocycles. The monoisotopic (exact) mass is 293 g/mol. The highest BCUT2D eigenvalue weighted by Crippen LogP contribution is 2.30. The summed E-state index contributed by atoms with van der Waals surface area (Å²) in [6.45, 7) is 3.60. The molecular weight excluding hydrogens is 270 g/mol. The van der Waals surface area contributed by atoms with E-state index in [1.807, 2.05) is 11.0 Å². The Balaban J connectivity index is 1.94. The number of hydrogen-bond donors (Lipinski definition) is 1. The molecule has 0 bridgehead atoms. The van der Waals surface area contributed by atoms with E-state index in [2.05, 4.69) is 6.92 Å². The molecule has 1 amide bonds. The Morgan fingerprint density at radius 1 is 1.35 bits per heavy atom. The van der Waals surface area contributed by atoms with Gasteiger partial charge in [0.05, 0.1) is 0 Å². The summed E-state index contributed by atoms with van der Waals surface area (Å²) in [5.41, 5.74) is 1.06. The third-order valence-corrected chi connectivity index (χ3v) is 4.72. The average molecular weight is 293 g/mol. The topological polar surface area (TPSA) is 40.5 Å². The van der Waals surface area contributed by atoms with Gasteiger partial charge < -0.3 is 10.0 Å². The average Bonchev–Trinajstić information content (AvgIpc) is 2.65. The van der Waals surface area contributed by atoms with Crippen LogP contribution in [0.5, 0.6) is 5.75 Å². The van der Waals surface area contributed by atoms with Crippen LogP contribution >= 0.6 is 11.8 Å². The maximum atomic E-state index is 12.3. The van der Waals surface area contributed by atoms with Crippen molar-refractivity contribution in [2.45, 2.75) is 50.5 Å². The van der Waals surface area contributed by atoms with Crippen molar-refractivity contribution in [3.05, 3.63) is 23.8 Å². The molecule has 20 heavy (non-hydrogen) atoms. The molecule has 0 radical (unpaired) electrons. The summed E-state index contributed by atoms with van der Waals surface area (Å²) >= 11 is 1.77. The Labute approximate surface area is 125 Å². The van der Waals surface area contributed by atoms with Crippen molar-refractivity contribution < 1.29 is 9.90 Å². The molecule has 0 unspecified atom stereocenters. The van der Waals surface area contributed by atoms with Gasteiger partial charge in [-0.1, -0.05) is 26.2 Å². The van der Waals surface area contributed by atoms with E-state index in [1.54, 1.807) is 23.9 Å². The third-order valence-electron chi connectivity index (χ3n) is 3.62. The number of carbonyl (C=O) groups is 1. The highest BCUT2D eigenvalue weighted by molar-refractivity contribution is 7.99. The minimum absolute atomic E-state index is 0.248. The van der Waals surface area contributed by atoms with E-state index in [0.29, 0.717) is 13.0 Å². The maximum absolute atomic E-state index is 12.3. The minimum atomic E-state index is 0.248. The van der Waals surface area contributed by atoms with Crippen LogP contribution in [0.15, 0.2) is 23.1 Å². The van der Waals surface area contributed by atoms with Crippen LogP contribution in [0.25, 0.3) is 0 Å². The molecule has 1 N–H and O–H groups in total. The molecule has 0 atom stereocenters. The Bertz CT molecular complexity index is 462. The van der Waals surface area contributed by atoms with Gasteiger partial charge in [-0.15, -0.1) is 11.8 Å². The first-order chi connectivity index (χ1) is 9.70. The summed E-state index contributed by atoms with van der Waals surface area (Å²) < 4.78 is 0. The van der Waals surface area contributed by atoms with E-state index < -0.39 is 0 Å². The van der Waals surface area contributed by atoms with Gasteiger partial charge in [-0.2, -0.15) is 0 Å². The Hall–Kier alpha value is -1.16. The summed E-state index contributed by atoms with van der Waals surface area (Å²) in [6.07, 6.45) is 5.19. The molecular formula is C16H23NO2S. The number of carbonyl (C=O) groups excluding carboxylic acids is 1. The fraction of sp³-hybridized carbons (Fsp3) is 0.562. The van der Waals surface area contributed by atoms with E-state index in [-0.39, 0.29) is 11.7 Å². The third kappa shape index (κ3) is 4.17. The van der Waals surface area contributed by atoms with Crippen LogP contribution in [0.4, 0.5) is 0 Å². The van der Waals surface area contributed by atoms with Gasteiger partial charge in [-0.25, -0.2) is 0 Å². The number of fused-ring (bicyclic) bond motifs is 1. The number of unbranched alkanes of at least 4 members (excludes halogenated alkanes) is 3. The number of benzene rings is 1. The van der Waals surface area contributed by atoms with Crippen molar-refractivity contribution in [1.29, 1.82) is 0 Å². The van der Waals surface area contributed by atoms with E-state index in [0.717, 1.165) is 30.7 Å². The van der Waals surface area contributed by atoms with Crippen LogP contribution < -0.4 is 0 Å². The number of phenolic OH excluding ortho intramolecular Hbond substituents is 1. The lowest BCUT2D eigenvalue weighted by molar-refractivity contribution is -0.131. The first-order valence-electron chi connectivity index (χ1n) is 7.43. The molecule has 1 heterocycles. The Morgan fingerprint density at radius 2 is 2.20 bits per heavy atom. The first kappa shape index (κ1) is 15.2. The standard InChI is InChI=1S/C16H23NO2S/c1-2-3-4-5-6-16(19)17-9-10-20-15-8-7-14(18)11-13(15)12-17/h7-8,11,18H,2-6,9-10,12H2,1H3. The number of phenols is 1. The number of rotatable bonds is 5. The van der Waals surface area contributed by atoms with Crippen molar-refractivity contribution in [2.75, 3.05) is 12.3 Å². The first-order valence-corrected chi connectivity index (χ1v) is 8.41. The lowest BCUT2D eigenvalue weighted by Crippen LogP contribution is -2.31. The predicted molar refractivity (Wildman–Crippen MR) is 83.0 cm³/mol. The predicted octanol–water partition coefficient (Wildman–Crippen LogP) is 3.80. The second-order valence-electron chi connectivity index (χ2n) is 5.27. The summed E-state index contributed by atoms with van der Waals surface area (Å²) in [5, 5.41) is 9.59. The van der Waals surface area contributed by atoms with Crippen LogP contribution in [-0.2, 0) is 11.3 Å². The zero-order valence-corrected chi connectivity index (χ0v) is 12.9. The Morgan fingerprint density at radius 3 is 3.00 bits per heavy atom. The molecule has 110 valence electrons. The molecule has 2 rings (SSSR count). The van der Waals surface area contributed by atoms with Gasteiger partial charge in [0.25, 0.3) is 0 Å². The number of nitrogens with zero attached hydrogens (tertiary/aromatic N) is 1. The van der Waals surface area contributed by atoms with Gasteiger partial charge in [0.2, 0.25) is 5.91 Å². The second-order valence-corrected chi connectivity index (χ2v) is 6.40. The summed E-state index contributed by atoms with van der Waals surface area (Å²) in [4.78, 5) is 15.4. The van der Waals surface area contributed by atoms with E-state index in [4.69, 9.17) is 0 Å². The van der Waals surface area contributed by atoms with E-state index >= 15 is 0 Å². The van der Waals surface area contributed by atoms with Gasteiger partial charge in [-0.3, -0.25) is 4.79 Å². The van der Waals surface area contributed by atoms with Crippen LogP contribution in [-0.4, -0.2) is 28.2 Å². The zero-order valence-electron chi connectivity index (χ0n) is 12.1. The molecule has 0 saturated heterocycles. The van der Waals surface area contributed by atoms with E-state index in [1.165, 1.54) is 17.7 Å². The number of aromatic hydroxyl groups is 1. The quantitative estimate of drug-likeness (QED) is 0.840. The molecule has 0 aliphatic carbocycles. The second kappa shape index (κ2) is 7.58. The van der Waals surface area contributed by atoms with Crippen molar-refractivity contribution in [2.24, 2.45) is 0 Å². The van der Waals surface area contributed by atoms with Gasteiger partial charge in [0.15, 0.2) is 0 Å².